The van der Waals surface area contributed by atoms with E-state index in [0.717, 1.165) is 28.4 Å². The SMILES string of the molecule is CCn1c2ccccc2c2cc(C(=O)C(=NOC(=O)N(C)c3ccccc3)c3ccccc3)ccc21. The fraction of sp³-hybridized carbons (Fsp3) is 0.100. The van der Waals surface area contributed by atoms with Crippen LogP contribution >= 0.6 is 0 Å². The molecule has 0 spiro atoms. The number of oxime groups is 1. The van der Waals surface area contributed by atoms with Crippen LogP contribution in [0.1, 0.15) is 22.8 Å². The number of amides is 1. The Hall–Kier alpha value is -4.71. The van der Waals surface area contributed by atoms with Crippen LogP contribution < -0.4 is 4.90 Å². The molecule has 178 valence electrons. The van der Waals surface area contributed by atoms with Crippen molar-refractivity contribution in [1.29, 1.82) is 0 Å². The van der Waals surface area contributed by atoms with E-state index >= 15 is 0 Å². The summed E-state index contributed by atoms with van der Waals surface area (Å²) >= 11 is 0. The highest BCUT2D eigenvalue weighted by Gasteiger charge is 2.21. The van der Waals surface area contributed by atoms with Gasteiger partial charge in [0.15, 0.2) is 5.71 Å². The van der Waals surface area contributed by atoms with Gasteiger partial charge in [-0.2, -0.15) is 0 Å². The summed E-state index contributed by atoms with van der Waals surface area (Å²) in [5.41, 5.74) is 3.93. The first-order valence-electron chi connectivity index (χ1n) is 11.8. The first-order chi connectivity index (χ1) is 17.6. The smallest absolute Gasteiger partial charge is 0.341 e. The third-order valence-corrected chi connectivity index (χ3v) is 6.25. The molecule has 0 aliphatic heterocycles. The van der Waals surface area contributed by atoms with E-state index in [-0.39, 0.29) is 11.5 Å². The van der Waals surface area contributed by atoms with E-state index in [4.69, 9.17) is 4.84 Å². The van der Waals surface area contributed by atoms with Crippen LogP contribution in [0.25, 0.3) is 21.8 Å². The summed E-state index contributed by atoms with van der Waals surface area (Å²) in [5, 5.41) is 6.12. The minimum Gasteiger partial charge on any atom is -0.341 e. The Bertz CT molecular complexity index is 1590. The fourth-order valence-electron chi connectivity index (χ4n) is 4.40. The van der Waals surface area contributed by atoms with E-state index in [1.165, 1.54) is 4.90 Å². The van der Waals surface area contributed by atoms with Crippen molar-refractivity contribution in [3.05, 3.63) is 114 Å². The van der Waals surface area contributed by atoms with Crippen molar-refractivity contribution in [2.45, 2.75) is 13.5 Å². The molecule has 0 atom stereocenters. The monoisotopic (exact) mass is 475 g/mol. The number of hydrogen-bond acceptors (Lipinski definition) is 4. The number of hydrogen-bond donors (Lipinski definition) is 0. The predicted molar refractivity (Wildman–Crippen MR) is 144 cm³/mol. The third kappa shape index (κ3) is 4.25. The fourth-order valence-corrected chi connectivity index (χ4v) is 4.40. The zero-order chi connectivity index (χ0) is 25.1. The molecular formula is C30H25N3O3. The molecule has 0 aliphatic rings. The molecule has 0 N–H and O–H groups in total. The van der Waals surface area contributed by atoms with E-state index < -0.39 is 6.09 Å². The summed E-state index contributed by atoms with van der Waals surface area (Å²) in [6, 6.07) is 31.9. The first-order valence-corrected chi connectivity index (χ1v) is 11.8. The van der Waals surface area contributed by atoms with Gasteiger partial charge in [-0.15, -0.1) is 0 Å². The lowest BCUT2D eigenvalue weighted by atomic mass is 9.99. The van der Waals surface area contributed by atoms with Crippen molar-refractivity contribution in [1.82, 2.24) is 4.57 Å². The standard InChI is InChI=1S/C30H25N3O3/c1-3-33-26-17-11-10-16-24(26)25-20-22(18-19-27(25)33)29(34)28(21-12-6-4-7-13-21)31-36-30(35)32(2)23-14-8-5-9-15-23/h4-20H,3H2,1-2H3. The number of fused-ring (bicyclic) bond motifs is 3. The van der Waals surface area contributed by atoms with Gasteiger partial charge in [0, 0.05) is 52.2 Å². The van der Waals surface area contributed by atoms with Crippen molar-refractivity contribution < 1.29 is 14.4 Å². The van der Waals surface area contributed by atoms with E-state index in [1.54, 1.807) is 37.4 Å². The van der Waals surface area contributed by atoms with Crippen molar-refractivity contribution >= 4 is 45.1 Å². The third-order valence-electron chi connectivity index (χ3n) is 6.25. The lowest BCUT2D eigenvalue weighted by Crippen LogP contribution is -2.26. The summed E-state index contributed by atoms with van der Waals surface area (Å²) in [5.74, 6) is -0.327. The van der Waals surface area contributed by atoms with Gasteiger partial charge in [-0.1, -0.05) is 71.9 Å². The number of benzene rings is 4. The van der Waals surface area contributed by atoms with Gasteiger partial charge in [-0.05, 0) is 43.3 Å². The number of rotatable bonds is 6. The van der Waals surface area contributed by atoms with Crippen molar-refractivity contribution in [2.24, 2.45) is 5.16 Å². The average Bonchev–Trinajstić information content (AvgIpc) is 3.26. The van der Waals surface area contributed by atoms with E-state index in [2.05, 4.69) is 28.8 Å². The average molecular weight is 476 g/mol. The lowest BCUT2D eigenvalue weighted by Gasteiger charge is -2.15. The molecule has 5 aromatic rings. The van der Waals surface area contributed by atoms with Gasteiger partial charge in [0.05, 0.1) is 0 Å². The molecule has 0 radical (unpaired) electrons. The number of anilines is 1. The van der Waals surface area contributed by atoms with Crippen LogP contribution in [0, 0.1) is 0 Å². The van der Waals surface area contributed by atoms with Gasteiger partial charge in [0.1, 0.15) is 0 Å². The molecule has 6 heteroatoms. The number of carbonyl (C=O) groups excluding carboxylic acids is 2. The Morgan fingerprint density at radius 2 is 1.42 bits per heavy atom. The molecule has 4 aromatic carbocycles. The van der Waals surface area contributed by atoms with Gasteiger partial charge in [0.2, 0.25) is 5.78 Å². The van der Waals surface area contributed by atoms with Gasteiger partial charge < -0.3 is 4.57 Å². The molecule has 0 saturated carbocycles. The number of nitrogens with zero attached hydrogens (tertiary/aromatic N) is 3. The second-order valence-corrected chi connectivity index (χ2v) is 8.38. The molecule has 1 aromatic heterocycles. The van der Waals surface area contributed by atoms with E-state index in [1.807, 2.05) is 60.7 Å². The van der Waals surface area contributed by atoms with Gasteiger partial charge >= 0.3 is 6.09 Å². The molecule has 5 rings (SSSR count). The Morgan fingerprint density at radius 1 is 0.778 bits per heavy atom. The van der Waals surface area contributed by atoms with Crippen LogP contribution in [-0.2, 0) is 11.4 Å². The van der Waals surface area contributed by atoms with Gasteiger partial charge in [0.25, 0.3) is 0 Å². The number of aromatic nitrogens is 1. The number of Topliss-reactive ketones (excluding diaryl/α,β-unsaturated/α-hetero) is 1. The highest BCUT2D eigenvalue weighted by Crippen LogP contribution is 2.30. The molecule has 36 heavy (non-hydrogen) atoms. The van der Waals surface area contributed by atoms with Crippen molar-refractivity contribution in [3.63, 3.8) is 0 Å². The highest BCUT2D eigenvalue weighted by molar-refractivity contribution is 6.51. The van der Waals surface area contributed by atoms with Gasteiger partial charge in [-0.3, -0.25) is 14.5 Å². The molecule has 0 bridgehead atoms. The molecular weight excluding hydrogens is 450 g/mol. The zero-order valence-corrected chi connectivity index (χ0v) is 20.1. The summed E-state index contributed by atoms with van der Waals surface area (Å²) < 4.78 is 2.23. The number of carbonyl (C=O) groups is 2. The van der Waals surface area contributed by atoms with Gasteiger partial charge in [-0.25, -0.2) is 4.79 Å². The predicted octanol–water partition coefficient (Wildman–Crippen LogP) is 6.67. The maximum absolute atomic E-state index is 13.7. The molecule has 0 saturated heterocycles. The Morgan fingerprint density at radius 3 is 2.14 bits per heavy atom. The van der Waals surface area contributed by atoms with Crippen LogP contribution in [0.3, 0.4) is 0 Å². The lowest BCUT2D eigenvalue weighted by molar-refractivity contribution is 0.106. The molecule has 6 nitrogen and oxygen atoms in total. The van der Waals surface area contributed by atoms with Crippen LogP contribution in [0.5, 0.6) is 0 Å². The van der Waals surface area contributed by atoms with Crippen LogP contribution in [-0.4, -0.2) is 29.2 Å². The first kappa shape index (κ1) is 23.1. The highest BCUT2D eigenvalue weighted by atomic mass is 16.7. The molecule has 0 aliphatic carbocycles. The molecule has 1 heterocycles. The summed E-state index contributed by atoms with van der Waals surface area (Å²) in [6.07, 6.45) is -0.691. The topological polar surface area (TPSA) is 63.9 Å². The second-order valence-electron chi connectivity index (χ2n) is 8.38. The van der Waals surface area contributed by atoms with Crippen molar-refractivity contribution in [3.8, 4) is 0 Å². The maximum atomic E-state index is 13.7. The van der Waals surface area contributed by atoms with Crippen molar-refractivity contribution in [2.75, 3.05) is 11.9 Å². The minimum atomic E-state index is -0.691. The summed E-state index contributed by atoms with van der Waals surface area (Å²) in [6.45, 7) is 2.92. The Kier molecular flexibility index (Phi) is 6.33. The van der Waals surface area contributed by atoms with Crippen LogP contribution in [0.2, 0.25) is 0 Å². The Labute approximate surface area is 209 Å². The number of aryl methyl sites for hydroxylation is 1. The van der Waals surface area contributed by atoms with Crippen LogP contribution in [0.15, 0.2) is 108 Å². The number of para-hydroxylation sites is 2. The Balaban J connectivity index is 1.53. The normalized spacial score (nSPS) is 11.6. The molecule has 1 amide bonds. The maximum Gasteiger partial charge on any atom is 0.440 e. The minimum absolute atomic E-state index is 0.0593. The summed E-state index contributed by atoms with van der Waals surface area (Å²) in [4.78, 5) is 33.0. The zero-order valence-electron chi connectivity index (χ0n) is 20.1. The quantitative estimate of drug-likeness (QED) is 0.119. The largest absolute Gasteiger partial charge is 0.440 e. The van der Waals surface area contributed by atoms with E-state index in [9.17, 15) is 9.59 Å². The van der Waals surface area contributed by atoms with Crippen LogP contribution in [0.4, 0.5) is 10.5 Å². The molecule has 0 unspecified atom stereocenters. The summed E-state index contributed by atoms with van der Waals surface area (Å²) in [7, 11) is 1.59. The van der Waals surface area contributed by atoms with E-state index in [0.29, 0.717) is 16.8 Å². The second kappa shape index (κ2) is 9.88. The molecule has 0 fully saturated rings. The number of ketones is 1.